The summed E-state index contributed by atoms with van der Waals surface area (Å²) in [5, 5.41) is 0. The number of nitrogens with zero attached hydrogens (tertiary/aromatic N) is 2. The second kappa shape index (κ2) is 23.7. The summed E-state index contributed by atoms with van der Waals surface area (Å²) in [6, 6.07) is 0. The average Bonchev–Trinajstić information content (AvgIpc) is 2.24. The first-order valence-electron chi connectivity index (χ1n) is 4.09. The number of aryl methyl sites for hydroxylation is 1. The summed E-state index contributed by atoms with van der Waals surface area (Å²) in [7, 11) is 0. The minimum atomic E-state index is 0. The van der Waals surface area contributed by atoms with E-state index in [0.717, 1.165) is 5.69 Å². The van der Waals surface area contributed by atoms with Gasteiger partial charge >= 0.3 is 19.5 Å². The zero-order valence-corrected chi connectivity index (χ0v) is 11.7. The Bertz CT molecular complexity index is 204. The normalized spacial score (nSPS) is 6.56. The molecule has 0 saturated carbocycles. The molecule has 5 heteroatoms. The molecule has 0 bridgehead atoms. The van der Waals surface area contributed by atoms with E-state index in [1.165, 1.54) is 5.92 Å². The summed E-state index contributed by atoms with van der Waals surface area (Å²) in [6.45, 7) is 14.7. The molecule has 4 nitrogen and oxygen atoms in total. The second-order valence-electron chi connectivity index (χ2n) is 2.85. The molecule has 0 spiro atoms. The van der Waals surface area contributed by atoms with Crippen molar-refractivity contribution in [3.05, 3.63) is 30.2 Å². The van der Waals surface area contributed by atoms with Gasteiger partial charge in [-0.15, -0.1) is 0 Å². The van der Waals surface area contributed by atoms with Crippen LogP contribution >= 0.6 is 0 Å². The van der Waals surface area contributed by atoms with Crippen LogP contribution in [0.2, 0.25) is 0 Å². The molecule has 0 fully saturated rings. The first-order valence-corrected chi connectivity index (χ1v) is 4.09. The molecule has 0 unspecified atom stereocenters. The van der Waals surface area contributed by atoms with Crippen molar-refractivity contribution in [1.29, 1.82) is 0 Å². The summed E-state index contributed by atoms with van der Waals surface area (Å²) in [5.41, 5.74) is 0.961. The van der Waals surface area contributed by atoms with Crippen molar-refractivity contribution >= 4 is 13.6 Å². The standard InChI is InChI=1S/C5H6N2.C4H9.2CHO.Ru/c1-5-4-6-2-3-7-5;1-4(2)3;2*1-2;/h2-4H,1H3;1-3H3;2*1H;/q;3*-1;+3. The van der Waals surface area contributed by atoms with Gasteiger partial charge in [-0.3, -0.25) is 23.5 Å². The van der Waals surface area contributed by atoms with Crippen molar-refractivity contribution in [2.45, 2.75) is 27.7 Å². The molecule has 16 heavy (non-hydrogen) atoms. The first-order chi connectivity index (χ1) is 7.13. The van der Waals surface area contributed by atoms with Gasteiger partial charge in [0.1, 0.15) is 0 Å². The van der Waals surface area contributed by atoms with Gasteiger partial charge in [0.2, 0.25) is 0 Å². The van der Waals surface area contributed by atoms with Crippen molar-refractivity contribution in [3.63, 3.8) is 0 Å². The Morgan fingerprint density at radius 1 is 1.06 bits per heavy atom. The van der Waals surface area contributed by atoms with Crippen LogP contribution < -0.4 is 0 Å². The van der Waals surface area contributed by atoms with Gasteiger partial charge < -0.3 is 15.5 Å². The maximum absolute atomic E-state index is 7.75. The second-order valence-corrected chi connectivity index (χ2v) is 2.85. The summed E-state index contributed by atoms with van der Waals surface area (Å²) >= 11 is 0. The van der Waals surface area contributed by atoms with Crippen LogP contribution in [0.4, 0.5) is 0 Å². The third kappa shape index (κ3) is 38.1. The van der Waals surface area contributed by atoms with E-state index in [4.69, 9.17) is 9.59 Å². The summed E-state index contributed by atoms with van der Waals surface area (Å²) < 4.78 is 0. The van der Waals surface area contributed by atoms with Crippen LogP contribution in [-0.4, -0.2) is 23.5 Å². The molecule has 0 aromatic carbocycles. The number of rotatable bonds is 0. The average molecular weight is 310 g/mol. The zero-order valence-electron chi connectivity index (χ0n) is 9.95. The van der Waals surface area contributed by atoms with Crippen molar-refractivity contribution in [2.24, 2.45) is 0 Å². The fourth-order valence-electron chi connectivity index (χ4n) is 0.374. The quantitative estimate of drug-likeness (QED) is 0.417. The van der Waals surface area contributed by atoms with Gasteiger partial charge in [-0.25, -0.2) is 0 Å². The number of hydrogen-bond donors (Lipinski definition) is 0. The van der Waals surface area contributed by atoms with E-state index >= 15 is 0 Å². The van der Waals surface area contributed by atoms with Gasteiger partial charge in [-0.1, -0.05) is 0 Å². The molecule has 1 heterocycles. The van der Waals surface area contributed by atoms with E-state index in [2.05, 4.69) is 44.3 Å². The molecular formula is C11H17N2O2Ru. The number of carbonyl (C=O) groups excluding carboxylic acids is 2. The van der Waals surface area contributed by atoms with Crippen LogP contribution in [0, 0.1) is 12.8 Å². The monoisotopic (exact) mass is 311 g/mol. The van der Waals surface area contributed by atoms with Crippen LogP contribution in [0.3, 0.4) is 0 Å². The molecule has 0 amide bonds. The molecule has 0 N–H and O–H groups in total. The third-order valence-electron chi connectivity index (χ3n) is 0.692. The van der Waals surface area contributed by atoms with Gasteiger partial charge in [-0.05, 0) is 6.92 Å². The summed E-state index contributed by atoms with van der Waals surface area (Å²) in [6.07, 6.45) is 5.06. The third-order valence-corrected chi connectivity index (χ3v) is 0.692. The Kier molecular flexibility index (Phi) is 36.0. The molecule has 0 saturated heterocycles. The smallest absolute Gasteiger partial charge is 0.545 e. The Morgan fingerprint density at radius 3 is 1.56 bits per heavy atom. The van der Waals surface area contributed by atoms with E-state index < -0.39 is 0 Å². The van der Waals surface area contributed by atoms with E-state index in [9.17, 15) is 0 Å². The van der Waals surface area contributed by atoms with Crippen LogP contribution in [-0.2, 0) is 29.1 Å². The fourth-order valence-corrected chi connectivity index (χ4v) is 0.374. The SMILES string of the molecule is C[C-](C)C.Cc1cnccn1.[CH-]=O.[CH-]=O.[Ru+3]. The maximum Gasteiger partial charge on any atom is 3.00 e. The molecule has 0 aliphatic carbocycles. The fraction of sp³-hybridized carbons (Fsp3) is 0.364. The molecule has 91 valence electrons. The molecule has 1 rings (SSSR count). The van der Waals surface area contributed by atoms with Crippen LogP contribution in [0.25, 0.3) is 0 Å². The van der Waals surface area contributed by atoms with Crippen LogP contribution in [0.5, 0.6) is 0 Å². The largest absolute Gasteiger partial charge is 3.00 e. The predicted molar refractivity (Wildman–Crippen MR) is 60.5 cm³/mol. The Morgan fingerprint density at radius 2 is 1.44 bits per heavy atom. The molecular weight excluding hydrogens is 293 g/mol. The molecule has 0 aliphatic heterocycles. The van der Waals surface area contributed by atoms with Gasteiger partial charge in [0.05, 0.1) is 5.69 Å². The van der Waals surface area contributed by atoms with E-state index in [1.54, 1.807) is 18.6 Å². The van der Waals surface area contributed by atoms with Crippen molar-refractivity contribution in [2.75, 3.05) is 0 Å². The van der Waals surface area contributed by atoms with Crippen molar-refractivity contribution in [1.82, 2.24) is 9.97 Å². The molecule has 1 radical (unpaired) electrons. The van der Waals surface area contributed by atoms with E-state index in [-0.39, 0.29) is 19.5 Å². The van der Waals surface area contributed by atoms with E-state index in [0.29, 0.717) is 0 Å². The minimum absolute atomic E-state index is 0. The van der Waals surface area contributed by atoms with Crippen LogP contribution in [0.1, 0.15) is 26.5 Å². The summed E-state index contributed by atoms with van der Waals surface area (Å²) in [5.74, 6) is 1.42. The maximum atomic E-state index is 7.75. The van der Waals surface area contributed by atoms with Crippen LogP contribution in [0.15, 0.2) is 18.6 Å². The minimum Gasteiger partial charge on any atom is -0.545 e. The number of hydrogen-bond acceptors (Lipinski definition) is 4. The topological polar surface area (TPSA) is 59.9 Å². The zero-order chi connectivity index (χ0) is 12.7. The predicted octanol–water partition coefficient (Wildman–Crippen LogP) is 1.85. The van der Waals surface area contributed by atoms with E-state index in [1.807, 2.05) is 6.92 Å². The molecule has 0 aliphatic rings. The molecule has 1 aromatic rings. The van der Waals surface area contributed by atoms with Crippen molar-refractivity contribution in [3.8, 4) is 0 Å². The van der Waals surface area contributed by atoms with Crippen molar-refractivity contribution < 1.29 is 29.1 Å². The summed E-state index contributed by atoms with van der Waals surface area (Å²) in [4.78, 5) is 23.2. The molecule has 0 atom stereocenters. The Hall–Kier alpha value is -0.957. The Labute approximate surface area is 111 Å². The molecule has 1 aromatic heterocycles. The first kappa shape index (κ1) is 24.3. The van der Waals surface area contributed by atoms with Gasteiger partial charge in [0.25, 0.3) is 0 Å². The van der Waals surface area contributed by atoms with Gasteiger partial charge in [0.15, 0.2) is 0 Å². The Balaban J connectivity index is -0.0000000702. The van der Waals surface area contributed by atoms with Gasteiger partial charge in [-0.2, -0.15) is 20.8 Å². The number of aromatic nitrogens is 2. The van der Waals surface area contributed by atoms with Gasteiger partial charge in [0, 0.05) is 18.6 Å².